The molecule has 0 saturated carbocycles. The van der Waals surface area contributed by atoms with E-state index in [4.69, 9.17) is 21.5 Å². The molecule has 0 spiro atoms. The van der Waals surface area contributed by atoms with Crippen LogP contribution in [0.4, 0.5) is 0 Å². The number of allylic oxidation sites excluding steroid dienone is 2. The molecular weight excluding hydrogens is 152 g/mol. The van der Waals surface area contributed by atoms with Crippen molar-refractivity contribution in [3.8, 4) is 18.2 Å². The highest BCUT2D eigenvalue weighted by atomic mass is 14.7. The number of nitrogens with zero attached hydrogens (tertiary/aromatic N) is 3. The summed E-state index contributed by atoms with van der Waals surface area (Å²) in [5, 5.41) is 26.0. The Bertz CT molecular complexity index is 344. The second-order valence-corrected chi connectivity index (χ2v) is 2.63. The predicted molar refractivity (Wildman–Crippen MR) is 39.7 cm³/mol. The van der Waals surface area contributed by atoms with Crippen molar-refractivity contribution < 1.29 is 0 Å². The number of rotatable bonds is 0. The maximum atomic E-state index is 8.70. The molecule has 0 heterocycles. The summed E-state index contributed by atoms with van der Waals surface area (Å²) in [4.78, 5) is 0. The second-order valence-electron chi connectivity index (χ2n) is 2.63. The minimum absolute atomic E-state index is 0.134. The summed E-state index contributed by atoms with van der Waals surface area (Å²) in [6, 6.07) is 5.58. The fraction of sp³-hybridized carbons (Fsp3) is 0.375. The van der Waals surface area contributed by atoms with E-state index in [9.17, 15) is 0 Å². The molecule has 2 N–H and O–H groups in total. The highest BCUT2D eigenvalue weighted by Crippen LogP contribution is 2.38. The standard InChI is InChI=1S/C8H6N4/c9-3-6-1-2-8(4-10,5-11)7(6)12/h1-2,12H2. The van der Waals surface area contributed by atoms with Crippen molar-refractivity contribution in [3.05, 3.63) is 11.3 Å². The van der Waals surface area contributed by atoms with Gasteiger partial charge in [-0.2, -0.15) is 15.8 Å². The molecule has 12 heavy (non-hydrogen) atoms. The molecule has 0 aliphatic heterocycles. The monoisotopic (exact) mass is 158 g/mol. The summed E-state index contributed by atoms with van der Waals surface area (Å²) >= 11 is 0. The molecule has 0 atom stereocenters. The smallest absolute Gasteiger partial charge is 0.183 e. The van der Waals surface area contributed by atoms with Crippen molar-refractivity contribution in [3.63, 3.8) is 0 Å². The van der Waals surface area contributed by atoms with Gasteiger partial charge in [-0.25, -0.2) is 0 Å². The third kappa shape index (κ3) is 0.813. The highest BCUT2D eigenvalue weighted by Gasteiger charge is 2.40. The van der Waals surface area contributed by atoms with E-state index in [2.05, 4.69) is 0 Å². The van der Waals surface area contributed by atoms with Gasteiger partial charge in [0.15, 0.2) is 5.41 Å². The summed E-state index contributed by atoms with van der Waals surface area (Å²) in [7, 11) is 0. The fourth-order valence-electron chi connectivity index (χ4n) is 1.21. The average Bonchev–Trinajstić information content (AvgIpc) is 2.43. The Morgan fingerprint density at radius 3 is 2.08 bits per heavy atom. The third-order valence-corrected chi connectivity index (χ3v) is 2.05. The maximum absolute atomic E-state index is 8.70. The quantitative estimate of drug-likeness (QED) is 0.556. The minimum atomic E-state index is -1.24. The van der Waals surface area contributed by atoms with E-state index in [1.165, 1.54) is 0 Å². The first-order chi connectivity index (χ1) is 5.70. The highest BCUT2D eigenvalue weighted by molar-refractivity contribution is 5.44. The zero-order valence-corrected chi connectivity index (χ0v) is 6.33. The molecule has 0 unspecified atom stereocenters. The van der Waals surface area contributed by atoms with E-state index in [0.29, 0.717) is 18.4 Å². The summed E-state index contributed by atoms with van der Waals surface area (Å²) in [5.74, 6) is 0. The Morgan fingerprint density at radius 2 is 1.83 bits per heavy atom. The van der Waals surface area contributed by atoms with Crippen LogP contribution in [0.3, 0.4) is 0 Å². The van der Waals surface area contributed by atoms with Gasteiger partial charge in [-0.15, -0.1) is 0 Å². The molecule has 0 saturated heterocycles. The molecule has 0 aromatic heterocycles. The van der Waals surface area contributed by atoms with Crippen molar-refractivity contribution in [2.75, 3.05) is 0 Å². The van der Waals surface area contributed by atoms with E-state index < -0.39 is 5.41 Å². The number of hydrogen-bond donors (Lipinski definition) is 1. The molecule has 0 radical (unpaired) electrons. The van der Waals surface area contributed by atoms with Crippen LogP contribution in [0.5, 0.6) is 0 Å². The molecule has 0 bridgehead atoms. The third-order valence-electron chi connectivity index (χ3n) is 2.05. The van der Waals surface area contributed by atoms with Gasteiger partial charge in [-0.1, -0.05) is 0 Å². The van der Waals surface area contributed by atoms with Gasteiger partial charge < -0.3 is 5.73 Å². The van der Waals surface area contributed by atoms with E-state index in [1.807, 2.05) is 18.2 Å². The first kappa shape index (κ1) is 8.11. The van der Waals surface area contributed by atoms with E-state index in [-0.39, 0.29) is 5.70 Å². The van der Waals surface area contributed by atoms with Gasteiger partial charge in [0.05, 0.1) is 29.5 Å². The Kier molecular flexibility index (Phi) is 1.73. The first-order valence-electron chi connectivity index (χ1n) is 3.42. The van der Waals surface area contributed by atoms with Crippen LogP contribution in [0.1, 0.15) is 12.8 Å². The molecule has 4 heteroatoms. The largest absolute Gasteiger partial charge is 0.399 e. The zero-order chi connectivity index (χ0) is 9.19. The molecule has 1 aliphatic rings. The van der Waals surface area contributed by atoms with Gasteiger partial charge >= 0.3 is 0 Å². The van der Waals surface area contributed by atoms with Gasteiger partial charge in [0.25, 0.3) is 0 Å². The van der Waals surface area contributed by atoms with Crippen LogP contribution in [-0.2, 0) is 0 Å². The van der Waals surface area contributed by atoms with Crippen LogP contribution in [0.15, 0.2) is 11.3 Å². The van der Waals surface area contributed by atoms with Crippen LogP contribution in [0.25, 0.3) is 0 Å². The van der Waals surface area contributed by atoms with Crippen molar-refractivity contribution in [2.24, 2.45) is 11.1 Å². The lowest BCUT2D eigenvalue weighted by molar-refractivity contribution is 0.602. The van der Waals surface area contributed by atoms with Crippen LogP contribution < -0.4 is 5.73 Å². The van der Waals surface area contributed by atoms with Crippen LogP contribution in [-0.4, -0.2) is 0 Å². The molecule has 0 amide bonds. The van der Waals surface area contributed by atoms with Gasteiger partial charge in [0, 0.05) is 0 Å². The van der Waals surface area contributed by atoms with E-state index >= 15 is 0 Å². The molecule has 1 rings (SSSR count). The predicted octanol–water partition coefficient (Wildman–Crippen LogP) is 0.550. The summed E-state index contributed by atoms with van der Waals surface area (Å²) < 4.78 is 0. The summed E-state index contributed by atoms with van der Waals surface area (Å²) in [6.07, 6.45) is 0.776. The molecule has 1 aliphatic carbocycles. The zero-order valence-electron chi connectivity index (χ0n) is 6.33. The van der Waals surface area contributed by atoms with Crippen molar-refractivity contribution in [1.29, 1.82) is 15.8 Å². The number of nitrogens with two attached hydrogens (primary N) is 1. The normalized spacial score (nSPS) is 19.4. The topological polar surface area (TPSA) is 97.4 Å². The molecule has 0 fully saturated rings. The van der Waals surface area contributed by atoms with Gasteiger partial charge in [0.2, 0.25) is 0 Å². The van der Waals surface area contributed by atoms with Gasteiger partial charge in [-0.3, -0.25) is 0 Å². The Morgan fingerprint density at radius 1 is 1.25 bits per heavy atom. The minimum Gasteiger partial charge on any atom is -0.399 e. The van der Waals surface area contributed by atoms with Gasteiger partial charge in [0.1, 0.15) is 0 Å². The lowest BCUT2D eigenvalue weighted by Gasteiger charge is -2.10. The van der Waals surface area contributed by atoms with Gasteiger partial charge in [-0.05, 0) is 12.8 Å². The molecule has 4 nitrogen and oxygen atoms in total. The Balaban J connectivity index is 3.21. The lowest BCUT2D eigenvalue weighted by Crippen LogP contribution is -2.21. The van der Waals surface area contributed by atoms with Crippen molar-refractivity contribution in [1.82, 2.24) is 0 Å². The molecule has 0 aromatic rings. The fourth-order valence-corrected chi connectivity index (χ4v) is 1.21. The average molecular weight is 158 g/mol. The Labute approximate surface area is 70.1 Å². The number of nitriles is 3. The number of hydrogen-bond acceptors (Lipinski definition) is 4. The van der Waals surface area contributed by atoms with Crippen LogP contribution >= 0.6 is 0 Å². The van der Waals surface area contributed by atoms with Crippen molar-refractivity contribution in [2.45, 2.75) is 12.8 Å². The van der Waals surface area contributed by atoms with Crippen LogP contribution in [0, 0.1) is 39.4 Å². The molecule has 0 aromatic carbocycles. The molecular formula is C8H6N4. The van der Waals surface area contributed by atoms with Crippen molar-refractivity contribution >= 4 is 0 Å². The summed E-state index contributed by atoms with van der Waals surface area (Å²) in [6.45, 7) is 0. The Hall–Kier alpha value is -1.99. The summed E-state index contributed by atoms with van der Waals surface area (Å²) in [5.41, 5.74) is 4.76. The maximum Gasteiger partial charge on any atom is 0.183 e. The van der Waals surface area contributed by atoms with E-state index in [1.54, 1.807) is 0 Å². The lowest BCUT2D eigenvalue weighted by atomic mass is 9.89. The molecule has 58 valence electrons. The SMILES string of the molecule is N#CC1=C(N)C(C#N)(C#N)CC1. The van der Waals surface area contributed by atoms with Crippen LogP contribution in [0.2, 0.25) is 0 Å². The van der Waals surface area contributed by atoms with E-state index in [0.717, 1.165) is 0 Å². The second kappa shape index (κ2) is 2.57. The first-order valence-corrected chi connectivity index (χ1v) is 3.42.